The second-order valence-electron chi connectivity index (χ2n) is 4.54. The van der Waals surface area contributed by atoms with Crippen LogP contribution < -0.4 is 0 Å². The summed E-state index contributed by atoms with van der Waals surface area (Å²) in [7, 11) is 0. The van der Waals surface area contributed by atoms with Crippen LogP contribution >= 0.6 is 0 Å². The molecule has 0 N–H and O–H groups in total. The van der Waals surface area contributed by atoms with E-state index in [4.69, 9.17) is 4.42 Å². The van der Waals surface area contributed by atoms with Crippen LogP contribution in [-0.2, 0) is 0 Å². The Bertz CT molecular complexity index is 499. The SMILES string of the molecule is CC1(C(=O)c2cc3ccccc3o2)CC1. The van der Waals surface area contributed by atoms with E-state index in [1.807, 2.05) is 37.3 Å². The molecule has 15 heavy (non-hydrogen) atoms. The maximum atomic E-state index is 12.0. The average Bonchev–Trinajstić information content (AvgIpc) is 2.85. The summed E-state index contributed by atoms with van der Waals surface area (Å²) in [6, 6.07) is 9.57. The maximum absolute atomic E-state index is 12.0. The van der Waals surface area contributed by atoms with Gasteiger partial charge in [-0.2, -0.15) is 0 Å². The average molecular weight is 200 g/mol. The first-order valence-corrected chi connectivity index (χ1v) is 5.22. The molecule has 0 bridgehead atoms. The molecule has 1 fully saturated rings. The summed E-state index contributed by atoms with van der Waals surface area (Å²) in [6.07, 6.45) is 1.98. The summed E-state index contributed by atoms with van der Waals surface area (Å²) < 4.78 is 5.55. The van der Waals surface area contributed by atoms with Crippen molar-refractivity contribution in [1.29, 1.82) is 0 Å². The van der Waals surface area contributed by atoms with Gasteiger partial charge in [0.15, 0.2) is 5.76 Å². The molecule has 1 saturated carbocycles. The van der Waals surface area contributed by atoms with E-state index in [0.29, 0.717) is 5.76 Å². The van der Waals surface area contributed by atoms with Crippen molar-refractivity contribution in [2.24, 2.45) is 5.41 Å². The van der Waals surface area contributed by atoms with Crippen molar-refractivity contribution in [3.05, 3.63) is 36.1 Å². The molecule has 1 aromatic carbocycles. The third kappa shape index (κ3) is 1.29. The lowest BCUT2D eigenvalue weighted by atomic mass is 10.0. The van der Waals surface area contributed by atoms with Crippen LogP contribution in [-0.4, -0.2) is 5.78 Å². The van der Waals surface area contributed by atoms with Gasteiger partial charge in [0.25, 0.3) is 0 Å². The van der Waals surface area contributed by atoms with Crippen molar-refractivity contribution in [3.63, 3.8) is 0 Å². The van der Waals surface area contributed by atoms with Crippen LogP contribution in [0.4, 0.5) is 0 Å². The smallest absolute Gasteiger partial charge is 0.203 e. The van der Waals surface area contributed by atoms with Gasteiger partial charge in [-0.1, -0.05) is 25.1 Å². The molecule has 1 aliphatic rings. The molecule has 0 amide bonds. The highest BCUT2D eigenvalue weighted by Gasteiger charge is 2.46. The van der Waals surface area contributed by atoms with Gasteiger partial charge >= 0.3 is 0 Å². The quantitative estimate of drug-likeness (QED) is 0.695. The molecule has 2 heteroatoms. The van der Waals surface area contributed by atoms with Crippen LogP contribution in [0.2, 0.25) is 0 Å². The first-order chi connectivity index (χ1) is 7.19. The standard InChI is InChI=1S/C13H12O2/c1-13(6-7-13)12(14)11-8-9-4-2-3-5-10(9)15-11/h2-5,8H,6-7H2,1H3. The molecule has 0 saturated heterocycles. The van der Waals surface area contributed by atoms with Crippen LogP contribution in [0.15, 0.2) is 34.7 Å². The van der Waals surface area contributed by atoms with E-state index in [1.54, 1.807) is 0 Å². The number of carbonyl (C=O) groups excluding carboxylic acids is 1. The predicted molar refractivity (Wildman–Crippen MR) is 57.9 cm³/mol. The first-order valence-electron chi connectivity index (χ1n) is 5.22. The molecule has 1 aliphatic carbocycles. The minimum Gasteiger partial charge on any atom is -0.453 e. The van der Waals surface area contributed by atoms with Crippen molar-refractivity contribution in [2.45, 2.75) is 19.8 Å². The zero-order valence-corrected chi connectivity index (χ0v) is 8.62. The highest BCUT2D eigenvalue weighted by atomic mass is 16.3. The third-order valence-corrected chi connectivity index (χ3v) is 3.20. The number of hydrogen-bond donors (Lipinski definition) is 0. The predicted octanol–water partition coefficient (Wildman–Crippen LogP) is 3.42. The zero-order valence-electron chi connectivity index (χ0n) is 8.62. The summed E-state index contributed by atoms with van der Waals surface area (Å²) in [6.45, 7) is 2.00. The molecule has 2 aromatic rings. The van der Waals surface area contributed by atoms with Gasteiger partial charge in [-0.25, -0.2) is 0 Å². The number of para-hydroxylation sites is 1. The molecular weight excluding hydrogens is 188 g/mol. The van der Waals surface area contributed by atoms with E-state index in [0.717, 1.165) is 23.8 Å². The second kappa shape index (κ2) is 2.72. The van der Waals surface area contributed by atoms with Gasteiger partial charge in [0, 0.05) is 10.8 Å². The van der Waals surface area contributed by atoms with Crippen molar-refractivity contribution in [2.75, 3.05) is 0 Å². The van der Waals surface area contributed by atoms with Gasteiger partial charge in [0.2, 0.25) is 5.78 Å². The highest BCUT2D eigenvalue weighted by molar-refractivity contribution is 6.02. The number of ketones is 1. The number of furan rings is 1. The van der Waals surface area contributed by atoms with E-state index >= 15 is 0 Å². The van der Waals surface area contributed by atoms with E-state index in [1.165, 1.54) is 0 Å². The van der Waals surface area contributed by atoms with Gasteiger partial charge in [-0.3, -0.25) is 4.79 Å². The van der Waals surface area contributed by atoms with Crippen LogP contribution in [0.5, 0.6) is 0 Å². The molecule has 0 atom stereocenters. The van der Waals surface area contributed by atoms with Crippen LogP contribution in [0, 0.1) is 5.41 Å². The molecule has 3 rings (SSSR count). The summed E-state index contributed by atoms with van der Waals surface area (Å²) in [5.41, 5.74) is 0.651. The lowest BCUT2D eigenvalue weighted by Gasteiger charge is -2.01. The van der Waals surface area contributed by atoms with Gasteiger partial charge in [-0.05, 0) is 25.0 Å². The molecule has 0 unspecified atom stereocenters. The minimum atomic E-state index is -0.145. The van der Waals surface area contributed by atoms with Crippen molar-refractivity contribution < 1.29 is 9.21 Å². The largest absolute Gasteiger partial charge is 0.453 e. The summed E-state index contributed by atoms with van der Waals surface area (Å²) in [5, 5.41) is 1.00. The van der Waals surface area contributed by atoms with Crippen LogP contribution in [0.3, 0.4) is 0 Å². The normalized spacial score (nSPS) is 17.9. The van der Waals surface area contributed by atoms with E-state index in [9.17, 15) is 4.79 Å². The lowest BCUT2D eigenvalue weighted by molar-refractivity contribution is 0.0886. The topological polar surface area (TPSA) is 30.2 Å². The minimum absolute atomic E-state index is 0.145. The van der Waals surface area contributed by atoms with Gasteiger partial charge in [0.1, 0.15) is 5.58 Å². The Balaban J connectivity index is 2.08. The number of Topliss-reactive ketones (excluding diaryl/α,β-unsaturated/α-hetero) is 1. The van der Waals surface area contributed by atoms with E-state index in [2.05, 4.69) is 0 Å². The van der Waals surface area contributed by atoms with Crippen molar-refractivity contribution in [3.8, 4) is 0 Å². The Morgan fingerprint density at radius 2 is 2.07 bits per heavy atom. The lowest BCUT2D eigenvalue weighted by Crippen LogP contribution is -2.10. The Morgan fingerprint density at radius 1 is 1.33 bits per heavy atom. The molecule has 76 valence electrons. The second-order valence-corrected chi connectivity index (χ2v) is 4.54. The van der Waals surface area contributed by atoms with Gasteiger partial charge < -0.3 is 4.42 Å². The Kier molecular flexibility index (Phi) is 1.58. The van der Waals surface area contributed by atoms with Crippen LogP contribution in [0.1, 0.15) is 30.3 Å². The Hall–Kier alpha value is -1.57. The summed E-state index contributed by atoms with van der Waals surface area (Å²) in [4.78, 5) is 12.0. The Labute approximate surface area is 87.9 Å². The van der Waals surface area contributed by atoms with Crippen LogP contribution in [0.25, 0.3) is 11.0 Å². The van der Waals surface area contributed by atoms with E-state index < -0.39 is 0 Å². The molecule has 0 radical (unpaired) electrons. The number of hydrogen-bond acceptors (Lipinski definition) is 2. The van der Waals surface area contributed by atoms with E-state index in [-0.39, 0.29) is 11.2 Å². The summed E-state index contributed by atoms with van der Waals surface area (Å²) >= 11 is 0. The number of fused-ring (bicyclic) bond motifs is 1. The fourth-order valence-electron chi connectivity index (χ4n) is 1.81. The molecule has 2 nitrogen and oxygen atoms in total. The molecular formula is C13H12O2. The number of carbonyl (C=O) groups is 1. The number of rotatable bonds is 2. The zero-order chi connectivity index (χ0) is 10.5. The Morgan fingerprint density at radius 3 is 2.73 bits per heavy atom. The molecule has 0 spiro atoms. The third-order valence-electron chi connectivity index (χ3n) is 3.20. The fourth-order valence-corrected chi connectivity index (χ4v) is 1.81. The van der Waals surface area contributed by atoms with Crippen molar-refractivity contribution in [1.82, 2.24) is 0 Å². The van der Waals surface area contributed by atoms with Crippen molar-refractivity contribution >= 4 is 16.8 Å². The molecule has 1 heterocycles. The van der Waals surface area contributed by atoms with Gasteiger partial charge in [-0.15, -0.1) is 0 Å². The van der Waals surface area contributed by atoms with Gasteiger partial charge in [0.05, 0.1) is 0 Å². The first kappa shape index (κ1) is 8.72. The summed E-state index contributed by atoms with van der Waals surface area (Å²) in [5.74, 6) is 0.662. The molecule has 0 aliphatic heterocycles. The molecule has 1 aromatic heterocycles. The fraction of sp³-hybridized carbons (Fsp3) is 0.308. The highest BCUT2D eigenvalue weighted by Crippen LogP contribution is 2.47. The monoisotopic (exact) mass is 200 g/mol. The number of benzene rings is 1. The maximum Gasteiger partial charge on any atom is 0.203 e.